The number of sulfonamides is 1. The van der Waals surface area contributed by atoms with Gasteiger partial charge in [0, 0.05) is 24.5 Å². The molecule has 0 N–H and O–H groups in total. The fourth-order valence-electron chi connectivity index (χ4n) is 2.53. The molecule has 2 heterocycles. The Morgan fingerprint density at radius 1 is 1.19 bits per heavy atom. The van der Waals surface area contributed by atoms with Crippen molar-refractivity contribution in [2.24, 2.45) is 0 Å². The average molecular weight is 405 g/mol. The van der Waals surface area contributed by atoms with Crippen LogP contribution in [0.3, 0.4) is 0 Å². The van der Waals surface area contributed by atoms with Crippen LogP contribution in [0.4, 0.5) is 13.2 Å². The van der Waals surface area contributed by atoms with Crippen molar-refractivity contribution in [2.75, 3.05) is 7.05 Å². The Bertz CT molecular complexity index is 1030. The Morgan fingerprint density at radius 2 is 1.85 bits per heavy atom. The third-order valence-electron chi connectivity index (χ3n) is 3.76. The minimum absolute atomic E-state index is 0.0644. The number of halogens is 4. The lowest BCUT2D eigenvalue weighted by atomic mass is 10.1. The first-order chi connectivity index (χ1) is 12.1. The number of nitrogens with zero attached hydrogens (tertiary/aromatic N) is 4. The molecule has 138 valence electrons. The second-order valence-electron chi connectivity index (χ2n) is 5.40. The van der Waals surface area contributed by atoms with E-state index < -0.39 is 27.3 Å². The summed E-state index contributed by atoms with van der Waals surface area (Å²) in [6.45, 7) is 0. The second kappa shape index (κ2) is 6.53. The predicted molar refractivity (Wildman–Crippen MR) is 88.2 cm³/mol. The molecule has 0 aliphatic rings. The molecule has 0 radical (unpaired) electrons. The van der Waals surface area contributed by atoms with Gasteiger partial charge < -0.3 is 0 Å². The zero-order valence-electron chi connectivity index (χ0n) is 13.2. The highest BCUT2D eigenvalue weighted by molar-refractivity contribution is 7.89. The molecule has 0 amide bonds. The maximum atomic E-state index is 13.7. The van der Waals surface area contributed by atoms with E-state index in [0.29, 0.717) is 0 Å². The lowest BCUT2D eigenvalue weighted by molar-refractivity contribution is -0.171. The summed E-state index contributed by atoms with van der Waals surface area (Å²) in [5, 5.41) is -0.167. The molecule has 3 rings (SSSR count). The molecule has 0 saturated carbocycles. The van der Waals surface area contributed by atoms with Crippen molar-refractivity contribution in [3.63, 3.8) is 0 Å². The monoisotopic (exact) mass is 404 g/mol. The second-order valence-corrected chi connectivity index (χ2v) is 7.78. The minimum atomic E-state index is -4.84. The number of fused-ring (bicyclic) bond motifs is 1. The largest absolute Gasteiger partial charge is 0.409 e. The Hall–Kier alpha value is -2.17. The standard InChI is InChI=1S/C15H12ClF3N4O2S/c1-22(13(15(17,18)19)10-3-5-11(16)6-4-10)26(24,25)12-9-21-14-20-7-2-8-23(12)14/h2-9,13H,1H3. The van der Waals surface area contributed by atoms with Crippen molar-refractivity contribution in [3.05, 3.63) is 59.5 Å². The van der Waals surface area contributed by atoms with E-state index in [1.165, 1.54) is 30.6 Å². The maximum absolute atomic E-state index is 13.7. The first-order valence-electron chi connectivity index (χ1n) is 7.20. The molecule has 0 saturated heterocycles. The summed E-state index contributed by atoms with van der Waals surface area (Å²) in [7, 11) is -3.65. The highest BCUT2D eigenvalue weighted by atomic mass is 35.5. The van der Waals surface area contributed by atoms with Crippen LogP contribution in [-0.4, -0.2) is 40.3 Å². The lowest BCUT2D eigenvalue weighted by Gasteiger charge is -2.29. The molecule has 6 nitrogen and oxygen atoms in total. The van der Waals surface area contributed by atoms with E-state index in [0.717, 1.165) is 29.8 Å². The SMILES string of the molecule is CN(C(c1ccc(Cl)cc1)C(F)(F)F)S(=O)(=O)c1cnc2ncccn12. The fourth-order valence-corrected chi connectivity index (χ4v) is 4.05. The van der Waals surface area contributed by atoms with Crippen molar-refractivity contribution in [3.8, 4) is 0 Å². The first kappa shape index (κ1) is 18.6. The van der Waals surface area contributed by atoms with Gasteiger partial charge in [0.2, 0.25) is 5.78 Å². The molecule has 26 heavy (non-hydrogen) atoms. The lowest BCUT2D eigenvalue weighted by Crippen LogP contribution is -2.40. The molecule has 0 fully saturated rings. The van der Waals surface area contributed by atoms with E-state index in [1.54, 1.807) is 0 Å². The zero-order valence-corrected chi connectivity index (χ0v) is 14.8. The summed E-state index contributed by atoms with van der Waals surface area (Å²) in [6, 6.07) is 3.90. The number of alkyl halides is 3. The average Bonchev–Trinajstić information content (AvgIpc) is 3.00. The van der Waals surface area contributed by atoms with Gasteiger partial charge in [0.15, 0.2) is 5.03 Å². The van der Waals surface area contributed by atoms with Crippen LogP contribution >= 0.6 is 11.6 Å². The van der Waals surface area contributed by atoms with E-state index in [2.05, 4.69) is 9.97 Å². The molecule has 0 aliphatic heterocycles. The third-order valence-corrected chi connectivity index (χ3v) is 5.81. The molecule has 0 aliphatic carbocycles. The van der Waals surface area contributed by atoms with Gasteiger partial charge in [-0.15, -0.1) is 0 Å². The summed E-state index contributed by atoms with van der Waals surface area (Å²) in [6.07, 6.45) is -1.10. The van der Waals surface area contributed by atoms with E-state index >= 15 is 0 Å². The first-order valence-corrected chi connectivity index (χ1v) is 9.02. The molecule has 0 spiro atoms. The van der Waals surface area contributed by atoms with E-state index in [1.807, 2.05) is 0 Å². The number of imidazole rings is 1. The topological polar surface area (TPSA) is 67.6 Å². The summed E-state index contributed by atoms with van der Waals surface area (Å²) >= 11 is 5.72. The van der Waals surface area contributed by atoms with Gasteiger partial charge in [-0.25, -0.2) is 18.4 Å². The summed E-state index contributed by atoms with van der Waals surface area (Å²) in [5.41, 5.74) is -0.250. The normalized spacial score (nSPS) is 14.1. The van der Waals surface area contributed by atoms with E-state index in [9.17, 15) is 21.6 Å². The van der Waals surface area contributed by atoms with Gasteiger partial charge in [0.1, 0.15) is 6.04 Å². The number of benzene rings is 1. The van der Waals surface area contributed by atoms with Crippen LogP contribution in [0.25, 0.3) is 5.78 Å². The number of rotatable bonds is 4. The molecular formula is C15H12ClF3N4O2S. The summed E-state index contributed by atoms with van der Waals surface area (Å²) < 4.78 is 68.1. The summed E-state index contributed by atoms with van der Waals surface area (Å²) in [5.74, 6) is 0.0644. The highest BCUT2D eigenvalue weighted by Crippen LogP contribution is 2.39. The van der Waals surface area contributed by atoms with Gasteiger partial charge >= 0.3 is 6.18 Å². The van der Waals surface area contributed by atoms with Crippen LogP contribution in [0.5, 0.6) is 0 Å². The van der Waals surface area contributed by atoms with Gasteiger partial charge in [-0.3, -0.25) is 4.40 Å². The third kappa shape index (κ3) is 3.27. The van der Waals surface area contributed by atoms with Crippen molar-refractivity contribution in [1.82, 2.24) is 18.7 Å². The molecule has 11 heteroatoms. The molecule has 3 aromatic rings. The van der Waals surface area contributed by atoms with Gasteiger partial charge in [0.25, 0.3) is 10.0 Å². The highest BCUT2D eigenvalue weighted by Gasteiger charge is 2.48. The van der Waals surface area contributed by atoms with Crippen molar-refractivity contribution in [1.29, 1.82) is 0 Å². The Kier molecular flexibility index (Phi) is 4.67. The van der Waals surface area contributed by atoms with Crippen molar-refractivity contribution >= 4 is 27.4 Å². The predicted octanol–water partition coefficient (Wildman–Crippen LogP) is 3.31. The van der Waals surface area contributed by atoms with Crippen LogP contribution in [0.15, 0.2) is 53.9 Å². The van der Waals surface area contributed by atoms with Gasteiger partial charge in [0.05, 0.1) is 6.20 Å². The summed E-state index contributed by atoms with van der Waals surface area (Å²) in [4.78, 5) is 7.69. The molecule has 1 unspecified atom stereocenters. The molecule has 1 aromatic carbocycles. The smallest absolute Gasteiger partial charge is 0.273 e. The van der Waals surface area contributed by atoms with Gasteiger partial charge in [-0.2, -0.15) is 17.5 Å². The molecule has 2 aromatic heterocycles. The minimum Gasteiger partial charge on any atom is -0.273 e. The zero-order chi connectivity index (χ0) is 19.1. The molecule has 0 bridgehead atoms. The Morgan fingerprint density at radius 3 is 2.46 bits per heavy atom. The van der Waals surface area contributed by atoms with Crippen LogP contribution < -0.4 is 0 Å². The fraction of sp³-hybridized carbons (Fsp3) is 0.200. The Balaban J connectivity index is 2.11. The van der Waals surface area contributed by atoms with Crippen LogP contribution in [0, 0.1) is 0 Å². The van der Waals surface area contributed by atoms with E-state index in [-0.39, 0.29) is 20.7 Å². The maximum Gasteiger partial charge on any atom is 0.409 e. The van der Waals surface area contributed by atoms with Crippen molar-refractivity contribution in [2.45, 2.75) is 17.2 Å². The quantitative estimate of drug-likeness (QED) is 0.669. The van der Waals surface area contributed by atoms with Crippen LogP contribution in [0.2, 0.25) is 5.02 Å². The van der Waals surface area contributed by atoms with Gasteiger partial charge in [-0.1, -0.05) is 23.7 Å². The number of aromatic nitrogens is 3. The number of hydrogen-bond donors (Lipinski definition) is 0. The van der Waals surface area contributed by atoms with Crippen molar-refractivity contribution < 1.29 is 21.6 Å². The molecule has 1 atom stereocenters. The molecular weight excluding hydrogens is 393 g/mol. The number of hydrogen-bond acceptors (Lipinski definition) is 4. The van der Waals surface area contributed by atoms with Crippen LogP contribution in [-0.2, 0) is 10.0 Å². The Labute approximate surface area is 151 Å². The van der Waals surface area contributed by atoms with E-state index in [4.69, 9.17) is 11.6 Å². The van der Waals surface area contributed by atoms with Gasteiger partial charge in [-0.05, 0) is 23.8 Å². The van der Waals surface area contributed by atoms with Crippen LogP contribution in [0.1, 0.15) is 11.6 Å².